The van der Waals surface area contributed by atoms with Gasteiger partial charge in [0.1, 0.15) is 5.52 Å². The Bertz CT molecular complexity index is 1430. The summed E-state index contributed by atoms with van der Waals surface area (Å²) in [4.78, 5) is 39.3. The van der Waals surface area contributed by atoms with E-state index < -0.39 is 34.8 Å². The van der Waals surface area contributed by atoms with E-state index in [0.29, 0.717) is 0 Å². The van der Waals surface area contributed by atoms with E-state index in [0.717, 1.165) is 29.0 Å². The zero-order valence-corrected chi connectivity index (χ0v) is 18.3. The van der Waals surface area contributed by atoms with Gasteiger partial charge in [0.25, 0.3) is 5.56 Å². The van der Waals surface area contributed by atoms with Crippen molar-refractivity contribution < 1.29 is 32.6 Å². The molecule has 0 aliphatic heterocycles. The quantitative estimate of drug-likeness (QED) is 0.394. The average molecular weight is 475 g/mol. The number of hydrogen-bond acceptors (Lipinski definition) is 5. The number of rotatable bonds is 4. The number of nitrogens with one attached hydrogen (secondary N) is 1. The van der Waals surface area contributed by atoms with Crippen LogP contribution in [0.3, 0.4) is 0 Å². The number of carbonyl (C=O) groups excluding carboxylic acids is 2. The number of alkyl halides is 3. The molecule has 0 spiro atoms. The molecule has 0 fully saturated rings. The number of esters is 1. The number of aromatic nitrogens is 2. The molecule has 0 radical (unpaired) electrons. The number of amides is 1. The van der Waals surface area contributed by atoms with Gasteiger partial charge < -0.3 is 25.1 Å². The molecule has 0 saturated heterocycles. The first-order chi connectivity index (χ1) is 15.8. The van der Waals surface area contributed by atoms with Crippen molar-refractivity contribution in [2.24, 2.45) is 12.8 Å². The minimum atomic E-state index is -5.27. The highest BCUT2D eigenvalue weighted by Crippen LogP contribution is 2.39. The fraction of sp³-hybridized carbons (Fsp3) is 0.261. The largest absolute Gasteiger partial charge is 0.462 e. The number of carbonyl (C=O) groups is 2. The zero-order chi connectivity index (χ0) is 25.4. The van der Waals surface area contributed by atoms with E-state index in [1.807, 2.05) is 5.92 Å². The Balaban J connectivity index is 2.33. The molecule has 2 heterocycles. The van der Waals surface area contributed by atoms with Crippen LogP contribution in [-0.2, 0) is 17.4 Å². The standard InChI is InChI=1S/C23H20F3N3O5/c1-4-34-21(32)16-12(2)28-18-17(16)14(11-29(3)20(18)31)8-9-22(33,23(24,25)26)15-7-5-6-13(10-15)19(27)30/h5-7,10-11,28,33H,4H2,1-3H3,(H2,27,30). The van der Waals surface area contributed by atoms with E-state index in [1.165, 1.54) is 20.0 Å². The number of halogens is 3. The number of aromatic amines is 1. The number of aryl methyl sites for hydroxylation is 2. The van der Waals surface area contributed by atoms with Crippen LogP contribution in [0.2, 0.25) is 0 Å². The minimum absolute atomic E-state index is 0.0260. The number of benzene rings is 1. The maximum absolute atomic E-state index is 14.0. The Kier molecular flexibility index (Phi) is 6.31. The molecule has 11 heteroatoms. The van der Waals surface area contributed by atoms with Gasteiger partial charge in [0.15, 0.2) is 0 Å². The fourth-order valence-electron chi connectivity index (χ4n) is 3.46. The number of nitrogens with two attached hydrogens (primary N) is 1. The molecule has 1 unspecified atom stereocenters. The van der Waals surface area contributed by atoms with Crippen LogP contribution in [0.25, 0.3) is 10.9 Å². The van der Waals surface area contributed by atoms with E-state index in [9.17, 15) is 32.7 Å². The lowest BCUT2D eigenvalue weighted by Gasteiger charge is -2.26. The van der Waals surface area contributed by atoms with Crippen LogP contribution in [0.15, 0.2) is 35.3 Å². The monoisotopic (exact) mass is 475 g/mol. The molecule has 1 atom stereocenters. The smallest absolute Gasteiger partial charge is 0.433 e. The molecule has 0 bridgehead atoms. The molecule has 34 heavy (non-hydrogen) atoms. The van der Waals surface area contributed by atoms with Crippen LogP contribution < -0.4 is 11.3 Å². The van der Waals surface area contributed by atoms with E-state index in [1.54, 1.807) is 6.92 Å². The van der Waals surface area contributed by atoms with Gasteiger partial charge in [0, 0.05) is 35.5 Å². The molecule has 8 nitrogen and oxygen atoms in total. The Morgan fingerprint density at radius 2 is 1.97 bits per heavy atom. The number of hydrogen-bond donors (Lipinski definition) is 3. The number of ether oxygens (including phenoxy) is 1. The van der Waals surface area contributed by atoms with Gasteiger partial charge >= 0.3 is 12.1 Å². The molecule has 0 aliphatic carbocycles. The van der Waals surface area contributed by atoms with Crippen molar-refractivity contribution in [3.63, 3.8) is 0 Å². The molecule has 0 aliphatic rings. The van der Waals surface area contributed by atoms with Gasteiger partial charge in [-0.05, 0) is 31.9 Å². The number of primary amides is 1. The Hall–Kier alpha value is -4.04. The summed E-state index contributed by atoms with van der Waals surface area (Å²) in [7, 11) is 1.36. The maximum Gasteiger partial charge on any atom is 0.433 e. The Morgan fingerprint density at radius 1 is 1.29 bits per heavy atom. The number of fused-ring (bicyclic) bond motifs is 1. The van der Waals surface area contributed by atoms with Gasteiger partial charge in [-0.3, -0.25) is 9.59 Å². The molecule has 1 aromatic carbocycles. The fourth-order valence-corrected chi connectivity index (χ4v) is 3.46. The third-order valence-corrected chi connectivity index (χ3v) is 5.15. The molecule has 1 amide bonds. The number of nitrogens with zero attached hydrogens (tertiary/aromatic N) is 1. The molecule has 4 N–H and O–H groups in total. The van der Waals surface area contributed by atoms with Crippen molar-refractivity contribution in [1.82, 2.24) is 9.55 Å². The third-order valence-electron chi connectivity index (χ3n) is 5.15. The van der Waals surface area contributed by atoms with E-state index in [4.69, 9.17) is 10.5 Å². The summed E-state index contributed by atoms with van der Waals surface area (Å²) >= 11 is 0. The highest BCUT2D eigenvalue weighted by Gasteiger charge is 2.54. The highest BCUT2D eigenvalue weighted by molar-refractivity contribution is 6.07. The second-order valence-electron chi connectivity index (χ2n) is 7.46. The van der Waals surface area contributed by atoms with Crippen LogP contribution in [0.1, 0.15) is 44.5 Å². The lowest BCUT2D eigenvalue weighted by molar-refractivity contribution is -0.240. The molecule has 3 aromatic rings. The zero-order valence-electron chi connectivity index (χ0n) is 18.3. The van der Waals surface area contributed by atoms with Crippen molar-refractivity contribution in [2.75, 3.05) is 6.61 Å². The van der Waals surface area contributed by atoms with E-state index in [2.05, 4.69) is 10.9 Å². The SMILES string of the molecule is CCOC(=O)c1c(C)[nH]c2c(=O)n(C)cc(C#CC(O)(c3cccc(C(N)=O)c3)C(F)(F)F)c12. The van der Waals surface area contributed by atoms with Crippen molar-refractivity contribution in [2.45, 2.75) is 25.6 Å². The number of pyridine rings is 1. The van der Waals surface area contributed by atoms with Crippen LogP contribution in [0, 0.1) is 18.8 Å². The summed E-state index contributed by atoms with van der Waals surface area (Å²) in [5, 5.41) is 10.6. The normalized spacial score (nSPS) is 13.1. The second-order valence-corrected chi connectivity index (χ2v) is 7.46. The predicted octanol–water partition coefficient (Wildman–Crippen LogP) is 2.25. The van der Waals surface area contributed by atoms with E-state index >= 15 is 0 Å². The number of aliphatic hydroxyl groups is 1. The first-order valence-electron chi connectivity index (χ1n) is 9.93. The molecule has 178 valence electrons. The summed E-state index contributed by atoms with van der Waals surface area (Å²) in [5.74, 6) is 2.33. The van der Waals surface area contributed by atoms with Gasteiger partial charge in [-0.25, -0.2) is 4.79 Å². The van der Waals surface area contributed by atoms with Gasteiger partial charge in [-0.2, -0.15) is 13.2 Å². The van der Waals surface area contributed by atoms with E-state index in [-0.39, 0.29) is 39.9 Å². The van der Waals surface area contributed by atoms with Gasteiger partial charge in [0.2, 0.25) is 11.5 Å². The van der Waals surface area contributed by atoms with Crippen molar-refractivity contribution in [3.05, 3.63) is 68.8 Å². The van der Waals surface area contributed by atoms with Gasteiger partial charge in [-0.15, -0.1) is 0 Å². The highest BCUT2D eigenvalue weighted by atomic mass is 19.4. The summed E-state index contributed by atoms with van der Waals surface area (Å²) in [6.45, 7) is 3.11. The van der Waals surface area contributed by atoms with Crippen molar-refractivity contribution in [1.29, 1.82) is 0 Å². The van der Waals surface area contributed by atoms with Crippen LogP contribution in [-0.4, -0.2) is 39.3 Å². The molecular formula is C23H20F3N3O5. The summed E-state index contributed by atoms with van der Waals surface area (Å²) in [6.07, 6.45) is -4.11. The summed E-state index contributed by atoms with van der Waals surface area (Å²) in [5.41, 5.74) is -0.0223. The molecule has 0 saturated carbocycles. The van der Waals surface area contributed by atoms with Crippen LogP contribution >= 0.6 is 0 Å². The number of H-pyrrole nitrogens is 1. The first kappa shape index (κ1) is 24.6. The van der Waals surface area contributed by atoms with Crippen molar-refractivity contribution >= 4 is 22.8 Å². The lowest BCUT2D eigenvalue weighted by Crippen LogP contribution is -2.41. The first-order valence-corrected chi connectivity index (χ1v) is 9.93. The van der Waals surface area contributed by atoms with Crippen LogP contribution in [0.4, 0.5) is 13.2 Å². The average Bonchev–Trinajstić information content (AvgIpc) is 3.12. The van der Waals surface area contributed by atoms with Crippen LogP contribution in [0.5, 0.6) is 0 Å². The Morgan fingerprint density at radius 3 is 2.56 bits per heavy atom. The molecular weight excluding hydrogens is 455 g/mol. The predicted molar refractivity (Wildman–Crippen MR) is 116 cm³/mol. The second kappa shape index (κ2) is 8.72. The molecule has 2 aromatic heterocycles. The summed E-state index contributed by atoms with van der Waals surface area (Å²) < 4.78 is 48.1. The summed E-state index contributed by atoms with van der Waals surface area (Å²) in [6, 6.07) is 4.08. The van der Waals surface area contributed by atoms with Gasteiger partial charge in [0.05, 0.1) is 17.7 Å². The maximum atomic E-state index is 14.0. The molecule has 3 rings (SSSR count). The lowest BCUT2D eigenvalue weighted by atomic mass is 9.91. The topological polar surface area (TPSA) is 127 Å². The Labute approximate surface area is 191 Å². The van der Waals surface area contributed by atoms with Gasteiger partial charge in [-0.1, -0.05) is 18.1 Å². The third kappa shape index (κ3) is 4.15. The minimum Gasteiger partial charge on any atom is -0.462 e. The van der Waals surface area contributed by atoms with Crippen molar-refractivity contribution in [3.8, 4) is 11.8 Å².